The van der Waals surface area contributed by atoms with Gasteiger partial charge in [0.25, 0.3) is 0 Å². The number of carbonyl (C=O) groups is 2. The molecule has 0 aliphatic carbocycles. The molecule has 76 heavy (non-hydrogen) atoms. The lowest BCUT2D eigenvalue weighted by Crippen LogP contribution is -2.61. The SMILES string of the molecule is CC/C=C/C/C=C/C/C=C/C/C=C/C/C=C/CCCC(=O)OC[C@H](CO[C@H]1O[C@@H](CO[C@H]2O[C@@H](CO)[C@@H](O)C(O)C2O)[C@@H](O)C(O)C1O)OC(=O)CCC/C=C/CCCCCCCCCCCCCCCCCCCC. The number of esters is 2. The fourth-order valence-electron chi connectivity index (χ4n) is 8.90. The van der Waals surface area contributed by atoms with Crippen LogP contribution in [-0.2, 0) is 38.0 Å². The van der Waals surface area contributed by atoms with Crippen molar-refractivity contribution >= 4 is 11.9 Å². The van der Waals surface area contributed by atoms with Crippen LogP contribution in [0.3, 0.4) is 0 Å². The number of ether oxygens (including phenoxy) is 6. The maximum absolute atomic E-state index is 13.1. The smallest absolute Gasteiger partial charge is 0.306 e. The zero-order valence-electron chi connectivity index (χ0n) is 46.7. The number of allylic oxidation sites excluding steroid dienone is 12. The predicted molar refractivity (Wildman–Crippen MR) is 298 cm³/mol. The Hall–Kier alpha value is -3.06. The lowest BCUT2D eigenvalue weighted by atomic mass is 9.98. The van der Waals surface area contributed by atoms with Crippen molar-refractivity contribution in [2.75, 3.05) is 26.4 Å². The minimum Gasteiger partial charge on any atom is -0.462 e. The summed E-state index contributed by atoms with van der Waals surface area (Å²) in [5.41, 5.74) is 0. The Morgan fingerprint density at radius 2 is 0.829 bits per heavy atom. The number of rotatable bonds is 46. The molecule has 7 N–H and O–H groups in total. The van der Waals surface area contributed by atoms with E-state index >= 15 is 0 Å². The van der Waals surface area contributed by atoms with Crippen LogP contribution in [0.5, 0.6) is 0 Å². The van der Waals surface area contributed by atoms with Gasteiger partial charge in [-0.25, -0.2) is 0 Å². The predicted octanol–water partition coefficient (Wildman–Crippen LogP) is 10.2. The molecule has 11 atom stereocenters. The Kier molecular flexibility index (Phi) is 42.5. The first-order chi connectivity index (χ1) is 37.0. The molecule has 4 unspecified atom stereocenters. The van der Waals surface area contributed by atoms with E-state index in [1.807, 2.05) is 12.2 Å². The van der Waals surface area contributed by atoms with Gasteiger partial charge in [0.2, 0.25) is 0 Å². The van der Waals surface area contributed by atoms with Gasteiger partial charge < -0.3 is 64.2 Å². The average molecular weight is 1080 g/mol. The maximum atomic E-state index is 13.1. The molecule has 15 nitrogen and oxygen atoms in total. The highest BCUT2D eigenvalue weighted by molar-refractivity contribution is 5.70. The van der Waals surface area contributed by atoms with Crippen molar-refractivity contribution in [2.24, 2.45) is 0 Å². The third kappa shape index (κ3) is 33.4. The summed E-state index contributed by atoms with van der Waals surface area (Å²) >= 11 is 0. The van der Waals surface area contributed by atoms with Crippen LogP contribution in [0.15, 0.2) is 72.9 Å². The summed E-state index contributed by atoms with van der Waals surface area (Å²) in [6, 6.07) is 0. The van der Waals surface area contributed by atoms with E-state index in [4.69, 9.17) is 28.4 Å². The minimum absolute atomic E-state index is 0.103. The standard InChI is InChI=1S/C61H104O15/c1-3-5-7-9-11-13-15-17-19-21-22-23-24-25-26-28-30-32-34-36-38-40-42-44-53(64)74-49(46-71-52(63)43-41-39-37-35-33-31-29-27-20-18-16-14-12-10-8-6-4-2)47-72-60-59(70)57(68)55(66)51(76-60)48-73-61-58(69)56(67)54(65)50(45-62)75-61/h6,8,12,14,18,20,29,31,35-38,49-51,54-62,65-70H,3-5,7,9-11,13,15-17,19,21-28,30,32-34,39-48H2,1-2H3/b8-6+,14-12+,20-18+,31-29+,37-35+,38-36+/t49-,50+,51+,54-,55-,56?,57?,58?,59?,60+,61+/m1/s1. The molecule has 15 heteroatoms. The number of unbranched alkanes of at least 4 members (excludes halogenated alkanes) is 20. The van der Waals surface area contributed by atoms with E-state index in [1.54, 1.807) is 0 Å². The average Bonchev–Trinajstić information content (AvgIpc) is 3.42. The number of aliphatic hydroxyl groups is 7. The van der Waals surface area contributed by atoms with Crippen molar-refractivity contribution in [1.82, 2.24) is 0 Å². The highest BCUT2D eigenvalue weighted by atomic mass is 16.7. The molecule has 2 heterocycles. The van der Waals surface area contributed by atoms with Gasteiger partial charge in [0.15, 0.2) is 18.7 Å². The second kappa shape index (κ2) is 46.8. The summed E-state index contributed by atoms with van der Waals surface area (Å²) in [5.74, 6) is -1.03. The third-order valence-electron chi connectivity index (χ3n) is 13.7. The molecule has 438 valence electrons. The van der Waals surface area contributed by atoms with Crippen LogP contribution >= 0.6 is 0 Å². The number of carbonyl (C=O) groups excluding carboxylic acids is 2. The van der Waals surface area contributed by atoms with E-state index in [9.17, 15) is 45.3 Å². The Morgan fingerprint density at radius 1 is 0.434 bits per heavy atom. The molecule has 0 saturated carbocycles. The zero-order valence-corrected chi connectivity index (χ0v) is 46.7. The Labute approximate surface area is 457 Å². The lowest BCUT2D eigenvalue weighted by molar-refractivity contribution is -0.332. The summed E-state index contributed by atoms with van der Waals surface area (Å²) in [4.78, 5) is 25.9. The molecule has 0 radical (unpaired) electrons. The fraction of sp³-hybridized carbons (Fsp3) is 0.770. The van der Waals surface area contributed by atoms with Gasteiger partial charge in [-0.3, -0.25) is 9.59 Å². The topological polar surface area (TPSA) is 231 Å². The first-order valence-electron chi connectivity index (χ1n) is 29.5. The van der Waals surface area contributed by atoms with Gasteiger partial charge in [-0.15, -0.1) is 0 Å². The van der Waals surface area contributed by atoms with Gasteiger partial charge in [0.05, 0.1) is 19.8 Å². The minimum atomic E-state index is -1.78. The van der Waals surface area contributed by atoms with Crippen molar-refractivity contribution in [2.45, 2.75) is 274 Å². The maximum Gasteiger partial charge on any atom is 0.306 e. The van der Waals surface area contributed by atoms with Gasteiger partial charge in [-0.05, 0) is 70.6 Å². The van der Waals surface area contributed by atoms with Gasteiger partial charge in [0.1, 0.15) is 55.4 Å². The first-order valence-corrected chi connectivity index (χ1v) is 29.5. The molecule has 0 aromatic carbocycles. The van der Waals surface area contributed by atoms with E-state index in [0.717, 1.165) is 44.9 Å². The van der Waals surface area contributed by atoms with Crippen molar-refractivity contribution in [3.8, 4) is 0 Å². The van der Waals surface area contributed by atoms with Crippen molar-refractivity contribution in [3.63, 3.8) is 0 Å². The highest BCUT2D eigenvalue weighted by Gasteiger charge is 2.47. The molecular weight excluding hydrogens is 973 g/mol. The summed E-state index contributed by atoms with van der Waals surface area (Å²) in [7, 11) is 0. The van der Waals surface area contributed by atoms with Crippen LogP contribution in [0.4, 0.5) is 0 Å². The largest absolute Gasteiger partial charge is 0.462 e. The fourth-order valence-corrected chi connectivity index (χ4v) is 8.90. The van der Waals surface area contributed by atoms with Crippen molar-refractivity contribution < 1.29 is 73.8 Å². The Bertz CT molecular complexity index is 1590. The van der Waals surface area contributed by atoms with E-state index in [1.165, 1.54) is 109 Å². The van der Waals surface area contributed by atoms with Crippen LogP contribution in [0, 0.1) is 0 Å². The first kappa shape index (κ1) is 69.0. The molecule has 2 rings (SSSR count). The molecule has 2 aliphatic rings. The van der Waals surface area contributed by atoms with E-state index < -0.39 is 99.3 Å². The number of aliphatic hydroxyl groups excluding tert-OH is 7. The van der Waals surface area contributed by atoms with Gasteiger partial charge in [-0.1, -0.05) is 196 Å². The molecule has 2 aliphatic heterocycles. The van der Waals surface area contributed by atoms with Crippen LogP contribution in [0.25, 0.3) is 0 Å². The van der Waals surface area contributed by atoms with Crippen LogP contribution in [0.1, 0.15) is 206 Å². The molecular formula is C61H104O15. The molecule has 2 saturated heterocycles. The summed E-state index contributed by atoms with van der Waals surface area (Å²) in [6.45, 7) is 2.41. The van der Waals surface area contributed by atoms with Crippen molar-refractivity contribution in [3.05, 3.63) is 72.9 Å². The van der Waals surface area contributed by atoms with Gasteiger partial charge in [-0.2, -0.15) is 0 Å². The van der Waals surface area contributed by atoms with E-state index in [2.05, 4.69) is 74.6 Å². The van der Waals surface area contributed by atoms with Crippen LogP contribution < -0.4 is 0 Å². The summed E-state index contributed by atoms with van der Waals surface area (Å²) < 4.78 is 33.6. The molecule has 0 aromatic heterocycles. The summed E-state index contributed by atoms with van der Waals surface area (Å²) in [5, 5.41) is 72.3. The highest BCUT2D eigenvalue weighted by Crippen LogP contribution is 2.27. The third-order valence-corrected chi connectivity index (χ3v) is 13.7. The number of hydrogen-bond acceptors (Lipinski definition) is 15. The van der Waals surface area contributed by atoms with E-state index in [-0.39, 0.29) is 19.4 Å². The molecule has 0 aromatic rings. The normalized spacial score (nSPS) is 24.9. The monoisotopic (exact) mass is 1080 g/mol. The quantitative estimate of drug-likeness (QED) is 0.0171. The lowest BCUT2D eigenvalue weighted by Gasteiger charge is -2.42. The summed E-state index contributed by atoms with van der Waals surface area (Å²) in [6.07, 6.45) is 40.9. The molecule has 0 bridgehead atoms. The number of hydrogen-bond donors (Lipinski definition) is 7. The zero-order chi connectivity index (χ0) is 55.3. The second-order valence-electron chi connectivity index (χ2n) is 20.4. The van der Waals surface area contributed by atoms with Crippen LogP contribution in [-0.4, -0.2) is 142 Å². The molecule has 0 amide bonds. The Morgan fingerprint density at radius 3 is 1.32 bits per heavy atom. The second-order valence-corrected chi connectivity index (χ2v) is 20.4. The van der Waals surface area contributed by atoms with Crippen molar-refractivity contribution in [1.29, 1.82) is 0 Å². The molecule has 2 fully saturated rings. The van der Waals surface area contributed by atoms with Gasteiger partial charge in [0, 0.05) is 12.8 Å². The van der Waals surface area contributed by atoms with E-state index in [0.29, 0.717) is 25.7 Å². The Balaban J connectivity index is 1.77. The molecule has 0 spiro atoms. The van der Waals surface area contributed by atoms with Crippen LogP contribution in [0.2, 0.25) is 0 Å². The van der Waals surface area contributed by atoms with Gasteiger partial charge >= 0.3 is 11.9 Å².